The second kappa shape index (κ2) is 6.16. The van der Waals surface area contributed by atoms with Gasteiger partial charge < -0.3 is 9.64 Å². The highest BCUT2D eigenvalue weighted by molar-refractivity contribution is 5.79. The summed E-state index contributed by atoms with van der Waals surface area (Å²) in [6.07, 6.45) is 2.56. The van der Waals surface area contributed by atoms with Gasteiger partial charge in [0, 0.05) is 42.9 Å². The van der Waals surface area contributed by atoms with Crippen molar-refractivity contribution in [2.45, 2.75) is 19.3 Å². The average molecular weight is 311 g/mol. The standard InChI is InChI=1S/C18H21N3O2/c22-18(14-8-11-23-12-14)21-9-6-15-16(7-10-21)19-20-17(15)13-4-2-1-3-5-13/h1-5,14H,6-12H2,(H,19,20). The van der Waals surface area contributed by atoms with Crippen LogP contribution in [0.15, 0.2) is 30.3 Å². The Kier molecular flexibility index (Phi) is 3.87. The first kappa shape index (κ1) is 14.5. The summed E-state index contributed by atoms with van der Waals surface area (Å²) in [4.78, 5) is 14.6. The third-order valence-corrected chi connectivity index (χ3v) is 4.85. The van der Waals surface area contributed by atoms with E-state index < -0.39 is 0 Å². The van der Waals surface area contributed by atoms with E-state index in [-0.39, 0.29) is 11.8 Å². The first-order chi connectivity index (χ1) is 11.3. The molecule has 1 N–H and O–H groups in total. The predicted molar refractivity (Wildman–Crippen MR) is 86.9 cm³/mol. The molecule has 3 heterocycles. The minimum atomic E-state index is 0.0539. The lowest BCUT2D eigenvalue weighted by molar-refractivity contribution is -0.135. The van der Waals surface area contributed by atoms with Crippen molar-refractivity contribution in [1.29, 1.82) is 0 Å². The quantitative estimate of drug-likeness (QED) is 0.923. The lowest BCUT2D eigenvalue weighted by atomic mass is 10.0. The number of aromatic nitrogens is 2. The van der Waals surface area contributed by atoms with Crippen LogP contribution in [-0.4, -0.2) is 47.3 Å². The molecule has 5 nitrogen and oxygen atoms in total. The number of carbonyl (C=O) groups excluding carboxylic acids is 1. The van der Waals surface area contributed by atoms with Gasteiger partial charge in [-0.2, -0.15) is 5.10 Å². The van der Waals surface area contributed by atoms with Crippen molar-refractivity contribution in [2.24, 2.45) is 5.92 Å². The van der Waals surface area contributed by atoms with Crippen molar-refractivity contribution < 1.29 is 9.53 Å². The number of H-pyrrole nitrogens is 1. The molecular weight excluding hydrogens is 290 g/mol. The molecule has 1 aromatic carbocycles. The number of hydrogen-bond donors (Lipinski definition) is 1. The minimum absolute atomic E-state index is 0.0539. The largest absolute Gasteiger partial charge is 0.381 e. The van der Waals surface area contributed by atoms with Crippen molar-refractivity contribution in [3.8, 4) is 11.3 Å². The Hall–Kier alpha value is -2.14. The summed E-state index contributed by atoms with van der Waals surface area (Å²) in [6.45, 7) is 2.82. The third-order valence-electron chi connectivity index (χ3n) is 4.85. The molecule has 5 heteroatoms. The zero-order valence-electron chi connectivity index (χ0n) is 13.1. The summed E-state index contributed by atoms with van der Waals surface area (Å²) in [6, 6.07) is 10.2. The van der Waals surface area contributed by atoms with Crippen molar-refractivity contribution in [3.05, 3.63) is 41.6 Å². The van der Waals surface area contributed by atoms with E-state index in [4.69, 9.17) is 4.74 Å². The fourth-order valence-electron chi connectivity index (χ4n) is 3.53. The summed E-state index contributed by atoms with van der Waals surface area (Å²) >= 11 is 0. The molecule has 23 heavy (non-hydrogen) atoms. The molecule has 120 valence electrons. The lowest BCUT2D eigenvalue weighted by Gasteiger charge is -2.23. The molecule has 1 atom stereocenters. The number of carbonyl (C=O) groups is 1. The summed E-state index contributed by atoms with van der Waals surface area (Å²) in [7, 11) is 0. The van der Waals surface area contributed by atoms with Gasteiger partial charge >= 0.3 is 0 Å². The van der Waals surface area contributed by atoms with Gasteiger partial charge in [0.25, 0.3) is 0 Å². The van der Waals surface area contributed by atoms with E-state index in [1.165, 1.54) is 11.3 Å². The van der Waals surface area contributed by atoms with Crippen LogP contribution in [0.3, 0.4) is 0 Å². The monoisotopic (exact) mass is 311 g/mol. The van der Waals surface area contributed by atoms with Crippen LogP contribution < -0.4 is 0 Å². The third kappa shape index (κ3) is 2.77. The zero-order valence-corrected chi connectivity index (χ0v) is 13.1. The maximum Gasteiger partial charge on any atom is 0.228 e. The topological polar surface area (TPSA) is 58.2 Å². The SMILES string of the molecule is O=C(C1CCOC1)N1CCc2[nH]nc(-c3ccccc3)c2CC1. The fourth-order valence-corrected chi connectivity index (χ4v) is 3.53. The first-order valence-electron chi connectivity index (χ1n) is 8.31. The Balaban J connectivity index is 1.53. The lowest BCUT2D eigenvalue weighted by Crippen LogP contribution is -2.38. The molecule has 1 saturated heterocycles. The van der Waals surface area contributed by atoms with E-state index >= 15 is 0 Å². The number of amides is 1. The molecule has 0 radical (unpaired) electrons. The molecule has 2 aliphatic rings. The van der Waals surface area contributed by atoms with E-state index in [9.17, 15) is 4.79 Å². The Labute approximate surface area is 135 Å². The van der Waals surface area contributed by atoms with Crippen molar-refractivity contribution in [1.82, 2.24) is 15.1 Å². The molecule has 4 rings (SSSR count). The highest BCUT2D eigenvalue weighted by atomic mass is 16.5. The highest BCUT2D eigenvalue weighted by Crippen LogP contribution is 2.27. The molecule has 0 saturated carbocycles. The van der Waals surface area contributed by atoms with E-state index in [0.29, 0.717) is 13.2 Å². The Bertz CT molecular complexity index is 690. The maximum absolute atomic E-state index is 12.6. The van der Waals surface area contributed by atoms with Crippen LogP contribution in [0.25, 0.3) is 11.3 Å². The van der Waals surface area contributed by atoms with Gasteiger partial charge in [0.05, 0.1) is 18.2 Å². The second-order valence-corrected chi connectivity index (χ2v) is 6.28. The van der Waals surface area contributed by atoms with Crippen molar-refractivity contribution >= 4 is 5.91 Å². The van der Waals surface area contributed by atoms with Crippen molar-refractivity contribution in [2.75, 3.05) is 26.3 Å². The van der Waals surface area contributed by atoms with Crippen LogP contribution in [0.5, 0.6) is 0 Å². The second-order valence-electron chi connectivity index (χ2n) is 6.28. The Morgan fingerprint density at radius 1 is 1.22 bits per heavy atom. The summed E-state index contributed by atoms with van der Waals surface area (Å²) < 4.78 is 5.36. The van der Waals surface area contributed by atoms with Gasteiger partial charge in [-0.25, -0.2) is 0 Å². The minimum Gasteiger partial charge on any atom is -0.381 e. The van der Waals surface area contributed by atoms with E-state index in [0.717, 1.165) is 43.6 Å². The van der Waals surface area contributed by atoms with Gasteiger partial charge in [-0.3, -0.25) is 9.89 Å². The summed E-state index contributed by atoms with van der Waals surface area (Å²) in [5.41, 5.74) is 4.59. The molecule has 1 unspecified atom stereocenters. The molecule has 0 aliphatic carbocycles. The smallest absolute Gasteiger partial charge is 0.228 e. The van der Waals surface area contributed by atoms with Crippen LogP contribution in [0.4, 0.5) is 0 Å². The van der Waals surface area contributed by atoms with E-state index in [1.54, 1.807) is 0 Å². The van der Waals surface area contributed by atoms with Crippen LogP contribution in [0.2, 0.25) is 0 Å². The van der Waals surface area contributed by atoms with Crippen LogP contribution >= 0.6 is 0 Å². The molecular formula is C18H21N3O2. The normalized spacial score (nSPS) is 21.0. The highest BCUT2D eigenvalue weighted by Gasteiger charge is 2.30. The van der Waals surface area contributed by atoms with Gasteiger partial charge in [-0.1, -0.05) is 30.3 Å². The molecule has 1 fully saturated rings. The van der Waals surface area contributed by atoms with Crippen LogP contribution in [-0.2, 0) is 22.4 Å². The van der Waals surface area contributed by atoms with E-state index in [2.05, 4.69) is 22.3 Å². The number of ether oxygens (including phenoxy) is 1. The Morgan fingerprint density at radius 2 is 2.04 bits per heavy atom. The number of rotatable bonds is 2. The van der Waals surface area contributed by atoms with E-state index in [1.807, 2.05) is 23.1 Å². The number of aromatic amines is 1. The number of nitrogens with one attached hydrogen (secondary N) is 1. The summed E-state index contributed by atoms with van der Waals surface area (Å²) in [5.74, 6) is 0.306. The van der Waals surface area contributed by atoms with Gasteiger partial charge in [0.1, 0.15) is 0 Å². The van der Waals surface area contributed by atoms with Crippen LogP contribution in [0.1, 0.15) is 17.7 Å². The van der Waals surface area contributed by atoms with Gasteiger partial charge in [-0.15, -0.1) is 0 Å². The zero-order chi connectivity index (χ0) is 15.6. The number of fused-ring (bicyclic) bond motifs is 1. The fraction of sp³-hybridized carbons (Fsp3) is 0.444. The number of hydrogen-bond acceptors (Lipinski definition) is 3. The number of nitrogens with zero attached hydrogens (tertiary/aromatic N) is 2. The molecule has 0 bridgehead atoms. The summed E-state index contributed by atoms with van der Waals surface area (Å²) in [5, 5.41) is 7.69. The molecule has 2 aliphatic heterocycles. The average Bonchev–Trinajstić information content (AvgIpc) is 3.21. The van der Waals surface area contributed by atoms with Gasteiger partial charge in [-0.05, 0) is 12.8 Å². The maximum atomic E-state index is 12.6. The predicted octanol–water partition coefficient (Wildman–Crippen LogP) is 2.04. The first-order valence-corrected chi connectivity index (χ1v) is 8.31. The van der Waals surface area contributed by atoms with Gasteiger partial charge in [0.15, 0.2) is 0 Å². The molecule has 2 aromatic rings. The van der Waals surface area contributed by atoms with Gasteiger partial charge in [0.2, 0.25) is 5.91 Å². The van der Waals surface area contributed by atoms with Crippen molar-refractivity contribution in [3.63, 3.8) is 0 Å². The van der Waals surface area contributed by atoms with Crippen LogP contribution in [0, 0.1) is 5.92 Å². The Morgan fingerprint density at radius 3 is 2.83 bits per heavy atom. The number of benzene rings is 1. The molecule has 0 spiro atoms. The molecule has 1 amide bonds. The molecule has 1 aromatic heterocycles.